The lowest BCUT2D eigenvalue weighted by molar-refractivity contribution is -0.0497. The zero-order chi connectivity index (χ0) is 14.8. The molecule has 2 nitrogen and oxygen atoms in total. The van der Waals surface area contributed by atoms with Crippen molar-refractivity contribution in [3.8, 4) is 5.75 Å². The number of fused-ring (bicyclic) bond motifs is 1. The van der Waals surface area contributed by atoms with Crippen LogP contribution in [0.3, 0.4) is 0 Å². The Bertz CT molecular complexity index is 648. The standard InChI is InChI=1S/C16H14ClF2NO/c17-13-9-11(6-8-15(13)21-16(18)19)20-14-7-5-10-3-1-2-4-12(10)14/h1-4,6,8-9,14,16,20H,5,7H2. The molecule has 1 aliphatic rings. The van der Waals surface area contributed by atoms with E-state index >= 15 is 0 Å². The van der Waals surface area contributed by atoms with Crippen molar-refractivity contribution >= 4 is 17.3 Å². The molecule has 5 heteroatoms. The third-order valence-corrected chi connectivity index (χ3v) is 3.92. The number of rotatable bonds is 4. The third-order valence-electron chi connectivity index (χ3n) is 3.62. The van der Waals surface area contributed by atoms with Crippen molar-refractivity contribution in [2.24, 2.45) is 0 Å². The van der Waals surface area contributed by atoms with Crippen molar-refractivity contribution in [1.82, 2.24) is 0 Å². The molecule has 0 radical (unpaired) electrons. The SMILES string of the molecule is FC(F)Oc1ccc(NC2CCc3ccccc32)cc1Cl. The minimum Gasteiger partial charge on any atom is -0.433 e. The first-order chi connectivity index (χ1) is 10.1. The Morgan fingerprint density at radius 1 is 1.19 bits per heavy atom. The van der Waals surface area contributed by atoms with Crippen LogP contribution in [0.4, 0.5) is 14.5 Å². The fourth-order valence-electron chi connectivity index (χ4n) is 2.69. The second-order valence-electron chi connectivity index (χ2n) is 4.96. The van der Waals surface area contributed by atoms with Gasteiger partial charge in [-0.3, -0.25) is 0 Å². The number of halogens is 3. The van der Waals surface area contributed by atoms with Gasteiger partial charge in [-0.05, 0) is 42.2 Å². The third kappa shape index (κ3) is 3.10. The molecule has 0 heterocycles. The fourth-order valence-corrected chi connectivity index (χ4v) is 2.92. The Morgan fingerprint density at radius 3 is 2.76 bits per heavy atom. The maximum absolute atomic E-state index is 12.2. The van der Waals surface area contributed by atoms with Gasteiger partial charge in [-0.1, -0.05) is 35.9 Å². The van der Waals surface area contributed by atoms with Crippen molar-refractivity contribution in [3.05, 3.63) is 58.6 Å². The first-order valence-electron chi connectivity index (χ1n) is 6.72. The fraction of sp³-hybridized carbons (Fsp3) is 0.250. The molecule has 0 amide bonds. The van der Waals surface area contributed by atoms with Gasteiger partial charge in [0, 0.05) is 5.69 Å². The van der Waals surface area contributed by atoms with E-state index in [9.17, 15) is 8.78 Å². The maximum atomic E-state index is 12.2. The Morgan fingerprint density at radius 2 is 2.00 bits per heavy atom. The Balaban J connectivity index is 1.76. The summed E-state index contributed by atoms with van der Waals surface area (Å²) in [6.45, 7) is -2.87. The number of nitrogens with one attached hydrogen (secondary N) is 1. The van der Waals surface area contributed by atoms with Crippen LogP contribution in [0.5, 0.6) is 5.75 Å². The summed E-state index contributed by atoms with van der Waals surface area (Å²) >= 11 is 5.96. The highest BCUT2D eigenvalue weighted by Crippen LogP contribution is 2.35. The van der Waals surface area contributed by atoms with Crippen LogP contribution in [-0.2, 0) is 6.42 Å². The number of aryl methyl sites for hydroxylation is 1. The van der Waals surface area contributed by atoms with Gasteiger partial charge in [0.15, 0.2) is 0 Å². The highest BCUT2D eigenvalue weighted by atomic mass is 35.5. The summed E-state index contributed by atoms with van der Waals surface area (Å²) in [4.78, 5) is 0. The van der Waals surface area contributed by atoms with E-state index in [-0.39, 0.29) is 16.8 Å². The Kier molecular flexibility index (Phi) is 3.97. The predicted octanol–water partition coefficient (Wildman–Crippen LogP) is 5.04. The zero-order valence-corrected chi connectivity index (χ0v) is 11.9. The van der Waals surface area contributed by atoms with Crippen LogP contribution in [-0.4, -0.2) is 6.61 Å². The molecule has 0 aliphatic heterocycles. The number of hydrogen-bond acceptors (Lipinski definition) is 2. The van der Waals surface area contributed by atoms with Crippen molar-refractivity contribution in [1.29, 1.82) is 0 Å². The topological polar surface area (TPSA) is 21.3 Å². The summed E-state index contributed by atoms with van der Waals surface area (Å²) in [5.74, 6) is -0.0101. The minimum absolute atomic E-state index is 0.0101. The molecule has 0 fully saturated rings. The van der Waals surface area contributed by atoms with Gasteiger partial charge in [-0.25, -0.2) is 0 Å². The van der Waals surface area contributed by atoms with Crippen LogP contribution in [0.15, 0.2) is 42.5 Å². The van der Waals surface area contributed by atoms with E-state index < -0.39 is 6.61 Å². The highest BCUT2D eigenvalue weighted by molar-refractivity contribution is 6.32. The van der Waals surface area contributed by atoms with E-state index in [1.54, 1.807) is 12.1 Å². The smallest absolute Gasteiger partial charge is 0.387 e. The molecule has 3 rings (SSSR count). The first kappa shape index (κ1) is 14.1. The number of anilines is 1. The summed E-state index contributed by atoms with van der Waals surface area (Å²) < 4.78 is 28.7. The van der Waals surface area contributed by atoms with Crippen LogP contribution in [0.1, 0.15) is 23.6 Å². The summed E-state index contributed by atoms with van der Waals surface area (Å²) in [5.41, 5.74) is 3.42. The average Bonchev–Trinajstić information content (AvgIpc) is 2.85. The lowest BCUT2D eigenvalue weighted by Gasteiger charge is -2.16. The van der Waals surface area contributed by atoms with E-state index in [4.69, 9.17) is 11.6 Å². The molecule has 0 bridgehead atoms. The molecule has 0 aromatic heterocycles. The van der Waals surface area contributed by atoms with Gasteiger partial charge in [-0.15, -0.1) is 0 Å². The number of alkyl halides is 2. The predicted molar refractivity (Wildman–Crippen MR) is 79.2 cm³/mol. The molecule has 110 valence electrons. The van der Waals surface area contributed by atoms with Gasteiger partial charge < -0.3 is 10.1 Å². The van der Waals surface area contributed by atoms with Gasteiger partial charge in [0.05, 0.1) is 11.1 Å². The minimum atomic E-state index is -2.87. The molecule has 2 aromatic rings. The summed E-state index contributed by atoms with van der Waals surface area (Å²) in [6.07, 6.45) is 2.04. The van der Waals surface area contributed by atoms with E-state index in [1.165, 1.54) is 17.2 Å². The first-order valence-corrected chi connectivity index (χ1v) is 7.10. The summed E-state index contributed by atoms with van der Waals surface area (Å²) in [5, 5.41) is 3.56. The van der Waals surface area contributed by atoms with Crippen LogP contribution >= 0.6 is 11.6 Å². The van der Waals surface area contributed by atoms with Crippen molar-refractivity contribution < 1.29 is 13.5 Å². The van der Waals surface area contributed by atoms with Crippen molar-refractivity contribution in [3.63, 3.8) is 0 Å². The van der Waals surface area contributed by atoms with E-state index in [1.807, 2.05) is 12.1 Å². The van der Waals surface area contributed by atoms with Gasteiger partial charge in [-0.2, -0.15) is 8.78 Å². The second-order valence-corrected chi connectivity index (χ2v) is 5.37. The number of ether oxygens (including phenoxy) is 1. The second kappa shape index (κ2) is 5.90. The molecule has 1 unspecified atom stereocenters. The highest BCUT2D eigenvalue weighted by Gasteiger charge is 2.21. The average molecular weight is 310 g/mol. The molecule has 1 atom stereocenters. The molecule has 2 aromatic carbocycles. The number of benzene rings is 2. The lowest BCUT2D eigenvalue weighted by atomic mass is 10.1. The lowest BCUT2D eigenvalue weighted by Crippen LogP contribution is -2.07. The summed E-state index contributed by atoms with van der Waals surface area (Å²) in [6, 6.07) is 13.3. The van der Waals surface area contributed by atoms with Crippen molar-refractivity contribution in [2.75, 3.05) is 5.32 Å². The van der Waals surface area contributed by atoms with Gasteiger partial charge in [0.1, 0.15) is 5.75 Å². The molecule has 0 saturated carbocycles. The molecule has 21 heavy (non-hydrogen) atoms. The molecular formula is C16H14ClF2NO. The van der Waals surface area contributed by atoms with E-state index in [2.05, 4.69) is 22.2 Å². The molecular weight excluding hydrogens is 296 g/mol. The van der Waals surface area contributed by atoms with Gasteiger partial charge >= 0.3 is 6.61 Å². The van der Waals surface area contributed by atoms with E-state index in [0.29, 0.717) is 0 Å². The monoisotopic (exact) mass is 309 g/mol. The van der Waals surface area contributed by atoms with Gasteiger partial charge in [0.25, 0.3) is 0 Å². The largest absolute Gasteiger partial charge is 0.433 e. The van der Waals surface area contributed by atoms with Crippen molar-refractivity contribution in [2.45, 2.75) is 25.5 Å². The van der Waals surface area contributed by atoms with Crippen LogP contribution in [0.25, 0.3) is 0 Å². The molecule has 1 N–H and O–H groups in total. The van der Waals surface area contributed by atoms with E-state index in [0.717, 1.165) is 18.5 Å². The number of hydrogen-bond donors (Lipinski definition) is 1. The maximum Gasteiger partial charge on any atom is 0.387 e. The molecule has 0 saturated heterocycles. The van der Waals surface area contributed by atoms with Crippen LogP contribution < -0.4 is 10.1 Å². The zero-order valence-electron chi connectivity index (χ0n) is 11.2. The Labute approximate surface area is 126 Å². The quantitative estimate of drug-likeness (QED) is 0.854. The van der Waals surface area contributed by atoms with Gasteiger partial charge in [0.2, 0.25) is 0 Å². The normalized spacial score (nSPS) is 16.9. The Hall–Kier alpha value is -1.81. The molecule has 1 aliphatic carbocycles. The van der Waals surface area contributed by atoms with Crippen LogP contribution in [0, 0.1) is 0 Å². The van der Waals surface area contributed by atoms with Crippen LogP contribution in [0.2, 0.25) is 5.02 Å². The molecule has 0 spiro atoms. The summed E-state index contributed by atoms with van der Waals surface area (Å²) in [7, 11) is 0.